The maximum atomic E-state index is 10.6. The number of H-pyrrole nitrogens is 1. The van der Waals surface area contributed by atoms with E-state index < -0.39 is 0 Å². The van der Waals surface area contributed by atoms with Crippen LogP contribution < -0.4 is 0 Å². The van der Waals surface area contributed by atoms with Crippen LogP contribution in [0.1, 0.15) is 23.8 Å². The number of nitrogens with one attached hydrogen (secondary N) is 2. The van der Waals surface area contributed by atoms with Gasteiger partial charge in [0.15, 0.2) is 0 Å². The molecule has 1 aliphatic heterocycles. The minimum absolute atomic E-state index is 0.173. The van der Waals surface area contributed by atoms with E-state index in [-0.39, 0.29) is 24.2 Å². The minimum atomic E-state index is -0.178. The molecule has 29 heavy (non-hydrogen) atoms. The third-order valence-electron chi connectivity index (χ3n) is 5.19. The lowest BCUT2D eigenvalue weighted by Crippen LogP contribution is -2.30. The minimum Gasteiger partial charge on any atom is -0.510 e. The summed E-state index contributed by atoms with van der Waals surface area (Å²) in [5.74, 6) is 1.21. The monoisotopic (exact) mass is 401 g/mol. The van der Waals surface area contributed by atoms with Gasteiger partial charge in [-0.15, -0.1) is 11.3 Å². The van der Waals surface area contributed by atoms with E-state index in [9.17, 15) is 5.11 Å². The molecule has 0 radical (unpaired) electrons. The van der Waals surface area contributed by atoms with Gasteiger partial charge >= 0.3 is 0 Å². The van der Waals surface area contributed by atoms with E-state index in [1.165, 1.54) is 11.3 Å². The Labute approximate surface area is 171 Å². The molecule has 1 aliphatic rings. The van der Waals surface area contributed by atoms with Crippen LogP contribution in [0.25, 0.3) is 27.9 Å². The molecule has 0 spiro atoms. The van der Waals surface area contributed by atoms with E-state index in [0.717, 1.165) is 28.1 Å². The summed E-state index contributed by atoms with van der Waals surface area (Å²) in [5.41, 5.74) is 4.23. The number of hydrogen-bond acceptors (Lipinski definition) is 5. The molecule has 2 aromatic carbocycles. The smallest absolute Gasteiger partial charge is 0.135 e. The first-order valence-electron chi connectivity index (χ1n) is 9.35. The van der Waals surface area contributed by atoms with Crippen LogP contribution in [0.15, 0.2) is 65.7 Å². The molecule has 0 unspecified atom stereocenters. The van der Waals surface area contributed by atoms with Crippen molar-refractivity contribution in [2.45, 2.75) is 13.0 Å². The highest BCUT2D eigenvalue weighted by Crippen LogP contribution is 2.35. The molecule has 0 fully saturated rings. The summed E-state index contributed by atoms with van der Waals surface area (Å²) in [6.07, 6.45) is 0. The van der Waals surface area contributed by atoms with Gasteiger partial charge in [0.05, 0.1) is 34.9 Å². The number of benzene rings is 2. The normalized spacial score (nSPS) is 15.5. The van der Waals surface area contributed by atoms with E-state index in [4.69, 9.17) is 5.41 Å². The Balaban J connectivity index is 1.43. The molecule has 0 saturated heterocycles. The van der Waals surface area contributed by atoms with Gasteiger partial charge in [0.25, 0.3) is 0 Å². The Bertz CT molecular complexity index is 1210. The number of aliphatic hydroxyl groups excluding tert-OH is 1. The number of aromatic nitrogens is 3. The topological polar surface area (TPSA) is 88.9 Å². The van der Waals surface area contributed by atoms with Crippen LogP contribution in [0, 0.1) is 5.41 Å². The Hall–Kier alpha value is -3.45. The summed E-state index contributed by atoms with van der Waals surface area (Å²) < 4.78 is 0. The molecule has 144 valence electrons. The lowest BCUT2D eigenvalue weighted by Gasteiger charge is -2.24. The molecule has 6 nitrogen and oxygen atoms in total. The number of aliphatic hydroxyl groups is 1. The van der Waals surface area contributed by atoms with Crippen LogP contribution in [0.5, 0.6) is 0 Å². The second-order valence-electron chi connectivity index (χ2n) is 7.02. The van der Waals surface area contributed by atoms with Gasteiger partial charge < -0.3 is 15.0 Å². The number of thiazole rings is 1. The van der Waals surface area contributed by atoms with Crippen LogP contribution in [-0.2, 0) is 0 Å². The van der Waals surface area contributed by atoms with Gasteiger partial charge in [-0.1, -0.05) is 42.5 Å². The van der Waals surface area contributed by atoms with Crippen molar-refractivity contribution in [2.24, 2.45) is 0 Å². The lowest BCUT2D eigenvalue weighted by atomic mass is 10.2. The lowest BCUT2D eigenvalue weighted by molar-refractivity contribution is 0.304. The van der Waals surface area contributed by atoms with E-state index in [1.807, 2.05) is 71.8 Å². The largest absolute Gasteiger partial charge is 0.510 e. The van der Waals surface area contributed by atoms with Crippen molar-refractivity contribution in [3.63, 3.8) is 0 Å². The van der Waals surface area contributed by atoms with Crippen LogP contribution in [0.4, 0.5) is 0 Å². The molecule has 5 rings (SSSR count). The van der Waals surface area contributed by atoms with Crippen molar-refractivity contribution in [3.8, 4) is 11.3 Å². The number of amidine groups is 1. The van der Waals surface area contributed by atoms with Gasteiger partial charge in [0.1, 0.15) is 22.4 Å². The summed E-state index contributed by atoms with van der Waals surface area (Å²) in [5, 5.41) is 21.9. The molecule has 2 aromatic heterocycles. The van der Waals surface area contributed by atoms with Crippen LogP contribution in [0.2, 0.25) is 0 Å². The Kier molecular flexibility index (Phi) is 4.17. The number of fused-ring (bicyclic) bond motifs is 1. The average Bonchev–Trinajstić information content (AvgIpc) is 3.45. The van der Waals surface area contributed by atoms with Crippen molar-refractivity contribution in [1.82, 2.24) is 19.9 Å². The zero-order valence-electron chi connectivity index (χ0n) is 15.8. The third-order valence-corrected chi connectivity index (χ3v) is 6.05. The first-order chi connectivity index (χ1) is 14.1. The van der Waals surface area contributed by atoms with Crippen LogP contribution in [0.3, 0.4) is 0 Å². The van der Waals surface area contributed by atoms with Gasteiger partial charge in [-0.05, 0) is 19.1 Å². The molecular weight excluding hydrogens is 382 g/mol. The number of para-hydroxylation sites is 2. The number of aromatic amines is 1. The molecule has 3 N–H and O–H groups in total. The number of nitrogens with zero attached hydrogens (tertiary/aromatic N) is 3. The first-order valence-corrected chi connectivity index (χ1v) is 10.2. The second-order valence-corrected chi connectivity index (χ2v) is 7.88. The maximum Gasteiger partial charge on any atom is 0.135 e. The molecular formula is C22H19N5OS. The first kappa shape index (κ1) is 17.6. The van der Waals surface area contributed by atoms with E-state index in [0.29, 0.717) is 10.6 Å². The summed E-state index contributed by atoms with van der Waals surface area (Å²) >= 11 is 1.44. The fraction of sp³-hybridized carbons (Fsp3) is 0.136. The van der Waals surface area contributed by atoms with E-state index in [1.54, 1.807) is 0 Å². The van der Waals surface area contributed by atoms with Gasteiger partial charge in [-0.2, -0.15) is 0 Å². The van der Waals surface area contributed by atoms with Crippen molar-refractivity contribution in [3.05, 3.63) is 76.6 Å². The fourth-order valence-corrected chi connectivity index (χ4v) is 4.50. The Morgan fingerprint density at radius 2 is 1.86 bits per heavy atom. The molecule has 0 aliphatic carbocycles. The zero-order chi connectivity index (χ0) is 20.0. The highest BCUT2D eigenvalue weighted by Gasteiger charge is 2.34. The quantitative estimate of drug-likeness (QED) is 0.448. The predicted octanol–water partition coefficient (Wildman–Crippen LogP) is 5.01. The van der Waals surface area contributed by atoms with Crippen molar-refractivity contribution in [2.75, 3.05) is 6.54 Å². The molecule has 0 saturated carbocycles. The van der Waals surface area contributed by atoms with Gasteiger partial charge in [0, 0.05) is 10.9 Å². The summed E-state index contributed by atoms with van der Waals surface area (Å²) in [6.45, 7) is 2.26. The Morgan fingerprint density at radius 3 is 2.66 bits per heavy atom. The van der Waals surface area contributed by atoms with Crippen molar-refractivity contribution < 1.29 is 5.11 Å². The molecule has 3 heterocycles. The van der Waals surface area contributed by atoms with Crippen LogP contribution in [-0.4, -0.2) is 37.3 Å². The second kappa shape index (κ2) is 6.86. The molecule has 1 atom stereocenters. The fourth-order valence-electron chi connectivity index (χ4n) is 3.60. The molecule has 4 aromatic rings. The van der Waals surface area contributed by atoms with Gasteiger partial charge in [-0.3, -0.25) is 5.41 Å². The summed E-state index contributed by atoms with van der Waals surface area (Å²) in [7, 11) is 0. The van der Waals surface area contributed by atoms with Gasteiger partial charge in [0.2, 0.25) is 0 Å². The molecule has 7 heteroatoms. The predicted molar refractivity (Wildman–Crippen MR) is 116 cm³/mol. The zero-order valence-corrected chi connectivity index (χ0v) is 16.6. The molecule has 0 bridgehead atoms. The maximum absolute atomic E-state index is 10.6. The SMILES string of the molecule is C[C@H](c1nc2ccccc2[nH]1)N1CC(O)=C(c2nc(-c3ccccc3)cs2)C1=N. The van der Waals surface area contributed by atoms with E-state index >= 15 is 0 Å². The standard InChI is InChI=1S/C22H19N5OS/c1-13(21-24-15-9-5-6-10-16(15)25-21)27-11-18(28)19(20(27)23)22-26-17(12-29-22)14-7-3-2-4-8-14/h2-10,12-13,23,28H,11H2,1H3,(H,24,25)/t13-/m1/s1. The average molecular weight is 401 g/mol. The summed E-state index contributed by atoms with van der Waals surface area (Å²) in [6, 6.07) is 17.6. The van der Waals surface area contributed by atoms with Crippen LogP contribution >= 0.6 is 11.3 Å². The van der Waals surface area contributed by atoms with E-state index in [2.05, 4.69) is 15.0 Å². The molecule has 0 amide bonds. The van der Waals surface area contributed by atoms with Crippen molar-refractivity contribution in [1.29, 1.82) is 5.41 Å². The highest BCUT2D eigenvalue weighted by molar-refractivity contribution is 7.11. The number of rotatable bonds is 4. The van der Waals surface area contributed by atoms with Crippen molar-refractivity contribution >= 4 is 33.8 Å². The number of hydrogen-bond donors (Lipinski definition) is 3. The third kappa shape index (κ3) is 3.00. The highest BCUT2D eigenvalue weighted by atomic mass is 32.1. The van der Waals surface area contributed by atoms with Gasteiger partial charge in [-0.25, -0.2) is 9.97 Å². The Morgan fingerprint density at radius 1 is 1.10 bits per heavy atom. The summed E-state index contributed by atoms with van der Waals surface area (Å²) in [4.78, 5) is 14.5. The number of imidazole rings is 1.